The van der Waals surface area contributed by atoms with E-state index in [1.807, 2.05) is 6.92 Å². The van der Waals surface area contributed by atoms with Crippen LogP contribution in [0.2, 0.25) is 5.02 Å². The van der Waals surface area contributed by atoms with Gasteiger partial charge in [-0.3, -0.25) is 4.90 Å². The molecule has 2 rings (SSSR count). The van der Waals surface area contributed by atoms with Gasteiger partial charge in [0.05, 0.1) is 5.56 Å². The summed E-state index contributed by atoms with van der Waals surface area (Å²) in [5.41, 5.74) is -0.0252. The van der Waals surface area contributed by atoms with Crippen molar-refractivity contribution in [2.24, 2.45) is 0 Å². The molecule has 0 spiro atoms. The summed E-state index contributed by atoms with van der Waals surface area (Å²) in [5.74, 6) is 0. The van der Waals surface area contributed by atoms with Gasteiger partial charge in [0.1, 0.15) is 0 Å². The minimum Gasteiger partial charge on any atom is -0.314 e. The van der Waals surface area contributed by atoms with Gasteiger partial charge in [0.25, 0.3) is 0 Å². The van der Waals surface area contributed by atoms with Crippen molar-refractivity contribution in [3.8, 4) is 0 Å². The molecule has 0 radical (unpaired) electrons. The van der Waals surface area contributed by atoms with Crippen LogP contribution in [0.1, 0.15) is 30.5 Å². The summed E-state index contributed by atoms with van der Waals surface area (Å²) >= 11 is 5.87. The molecule has 1 aromatic carbocycles. The van der Waals surface area contributed by atoms with Crippen LogP contribution in [-0.4, -0.2) is 31.1 Å². The molecule has 1 aromatic rings. The van der Waals surface area contributed by atoms with E-state index in [0.717, 1.165) is 38.7 Å². The highest BCUT2D eigenvalue weighted by Gasteiger charge is 2.32. The Balaban J connectivity index is 2.31. The van der Waals surface area contributed by atoms with Crippen LogP contribution in [-0.2, 0) is 6.18 Å². The van der Waals surface area contributed by atoms with Gasteiger partial charge in [-0.1, -0.05) is 18.5 Å². The Morgan fingerprint density at radius 2 is 1.90 bits per heavy atom. The van der Waals surface area contributed by atoms with Gasteiger partial charge in [0.15, 0.2) is 0 Å². The fourth-order valence-corrected chi connectivity index (χ4v) is 2.91. The third-order valence-electron chi connectivity index (χ3n) is 3.61. The largest absolute Gasteiger partial charge is 0.416 e. The lowest BCUT2D eigenvalue weighted by molar-refractivity contribution is -0.137. The number of piperazine rings is 1. The molecule has 0 unspecified atom stereocenters. The first kappa shape index (κ1) is 15.6. The van der Waals surface area contributed by atoms with E-state index in [2.05, 4.69) is 10.2 Å². The second-order valence-corrected chi connectivity index (χ2v) is 5.42. The van der Waals surface area contributed by atoms with E-state index >= 15 is 0 Å². The summed E-state index contributed by atoms with van der Waals surface area (Å²) in [5, 5.41) is 3.39. The monoisotopic (exact) mass is 306 g/mol. The molecular formula is C14H18ClF3N2. The lowest BCUT2D eigenvalue weighted by atomic mass is 9.99. The smallest absolute Gasteiger partial charge is 0.314 e. The molecule has 20 heavy (non-hydrogen) atoms. The number of hydrogen-bond acceptors (Lipinski definition) is 2. The second kappa shape index (κ2) is 6.33. The molecule has 1 fully saturated rings. The van der Waals surface area contributed by atoms with Crippen LogP contribution in [0.15, 0.2) is 18.2 Å². The van der Waals surface area contributed by atoms with Crippen LogP contribution < -0.4 is 5.32 Å². The molecule has 0 aromatic heterocycles. The van der Waals surface area contributed by atoms with Crippen molar-refractivity contribution in [3.05, 3.63) is 34.3 Å². The summed E-state index contributed by atoms with van der Waals surface area (Å²) in [7, 11) is 0. The van der Waals surface area contributed by atoms with Crippen molar-refractivity contribution in [1.29, 1.82) is 0 Å². The van der Waals surface area contributed by atoms with Gasteiger partial charge in [-0.15, -0.1) is 0 Å². The molecule has 1 N–H and O–H groups in total. The summed E-state index contributed by atoms with van der Waals surface area (Å²) in [6.45, 7) is 5.39. The Bertz CT molecular complexity index is 456. The van der Waals surface area contributed by atoms with Crippen molar-refractivity contribution < 1.29 is 13.2 Å². The van der Waals surface area contributed by atoms with Crippen LogP contribution in [0.3, 0.4) is 0 Å². The van der Waals surface area contributed by atoms with Crippen LogP contribution in [0.25, 0.3) is 0 Å². The average Bonchev–Trinajstić information content (AvgIpc) is 2.39. The molecule has 2 nitrogen and oxygen atoms in total. The van der Waals surface area contributed by atoms with Gasteiger partial charge in [0.2, 0.25) is 0 Å². The van der Waals surface area contributed by atoms with Gasteiger partial charge in [-0.2, -0.15) is 13.2 Å². The van der Waals surface area contributed by atoms with Crippen LogP contribution in [0.5, 0.6) is 0 Å². The molecular weight excluding hydrogens is 289 g/mol. The van der Waals surface area contributed by atoms with Crippen LogP contribution in [0, 0.1) is 0 Å². The van der Waals surface area contributed by atoms with E-state index in [1.54, 1.807) is 6.07 Å². The Hall–Kier alpha value is -0.780. The Labute approximate surface area is 121 Å². The van der Waals surface area contributed by atoms with E-state index in [9.17, 15) is 13.2 Å². The number of nitrogens with one attached hydrogen (secondary N) is 1. The molecule has 6 heteroatoms. The predicted octanol–water partition coefficient (Wildman–Crippen LogP) is 3.72. The minimum atomic E-state index is -4.36. The maximum Gasteiger partial charge on any atom is 0.416 e. The van der Waals surface area contributed by atoms with Gasteiger partial charge in [0, 0.05) is 37.2 Å². The van der Waals surface area contributed by atoms with Crippen molar-refractivity contribution in [1.82, 2.24) is 10.2 Å². The van der Waals surface area contributed by atoms with Crippen LogP contribution >= 0.6 is 11.6 Å². The molecule has 0 saturated carbocycles. The third kappa shape index (κ3) is 3.65. The minimum absolute atomic E-state index is 0.0168. The molecule has 1 heterocycles. The number of hydrogen-bond donors (Lipinski definition) is 1. The number of halogens is 4. The highest BCUT2D eigenvalue weighted by molar-refractivity contribution is 6.30. The van der Waals surface area contributed by atoms with Crippen molar-refractivity contribution in [2.45, 2.75) is 25.6 Å². The predicted molar refractivity (Wildman–Crippen MR) is 73.9 cm³/mol. The molecule has 1 aliphatic rings. The van der Waals surface area contributed by atoms with Crippen LogP contribution in [0.4, 0.5) is 13.2 Å². The van der Waals surface area contributed by atoms with E-state index in [4.69, 9.17) is 11.6 Å². The average molecular weight is 307 g/mol. The number of benzene rings is 1. The Kier molecular flexibility index (Phi) is 4.94. The van der Waals surface area contributed by atoms with E-state index in [0.29, 0.717) is 5.56 Å². The lowest BCUT2D eigenvalue weighted by Crippen LogP contribution is -2.45. The summed E-state index contributed by atoms with van der Waals surface area (Å²) in [4.78, 5) is 2.21. The molecule has 0 amide bonds. The first-order chi connectivity index (χ1) is 9.41. The van der Waals surface area contributed by atoms with E-state index in [-0.39, 0.29) is 11.1 Å². The normalized spacial score (nSPS) is 19.1. The first-order valence-corrected chi connectivity index (χ1v) is 7.12. The number of nitrogens with zero attached hydrogens (tertiary/aromatic N) is 1. The SMILES string of the molecule is CC[C@@H](c1cc(Cl)cc(C(F)(F)F)c1)N1CCNCC1. The summed E-state index contributed by atoms with van der Waals surface area (Å²) in [6.07, 6.45) is -3.60. The van der Waals surface area contributed by atoms with E-state index < -0.39 is 11.7 Å². The zero-order valence-corrected chi connectivity index (χ0v) is 12.1. The topological polar surface area (TPSA) is 15.3 Å². The van der Waals surface area contributed by atoms with Gasteiger partial charge >= 0.3 is 6.18 Å². The Morgan fingerprint density at radius 1 is 1.25 bits per heavy atom. The lowest BCUT2D eigenvalue weighted by Gasteiger charge is -2.35. The fraction of sp³-hybridized carbons (Fsp3) is 0.571. The number of alkyl halides is 3. The van der Waals surface area contributed by atoms with Crippen molar-refractivity contribution in [3.63, 3.8) is 0 Å². The maximum absolute atomic E-state index is 12.9. The summed E-state index contributed by atoms with van der Waals surface area (Å²) < 4.78 is 38.6. The highest BCUT2D eigenvalue weighted by Crippen LogP contribution is 2.35. The van der Waals surface area contributed by atoms with Gasteiger partial charge in [-0.05, 0) is 30.2 Å². The van der Waals surface area contributed by atoms with Crippen molar-refractivity contribution in [2.75, 3.05) is 26.2 Å². The summed E-state index contributed by atoms with van der Waals surface area (Å²) in [6, 6.07) is 3.84. The fourth-order valence-electron chi connectivity index (χ4n) is 2.67. The first-order valence-electron chi connectivity index (χ1n) is 6.74. The quantitative estimate of drug-likeness (QED) is 0.915. The highest BCUT2D eigenvalue weighted by atomic mass is 35.5. The van der Waals surface area contributed by atoms with Crippen molar-refractivity contribution >= 4 is 11.6 Å². The van der Waals surface area contributed by atoms with Gasteiger partial charge in [-0.25, -0.2) is 0 Å². The second-order valence-electron chi connectivity index (χ2n) is 4.98. The molecule has 1 aliphatic heterocycles. The molecule has 1 atom stereocenters. The Morgan fingerprint density at radius 3 is 2.45 bits per heavy atom. The molecule has 0 aliphatic carbocycles. The maximum atomic E-state index is 12.9. The van der Waals surface area contributed by atoms with E-state index in [1.165, 1.54) is 6.07 Å². The van der Waals surface area contributed by atoms with Gasteiger partial charge < -0.3 is 5.32 Å². The molecule has 112 valence electrons. The zero-order valence-electron chi connectivity index (χ0n) is 11.3. The third-order valence-corrected chi connectivity index (χ3v) is 3.83. The zero-order chi connectivity index (χ0) is 14.8. The standard InChI is InChI=1S/C14H18ClF3N2/c1-2-13(20-5-3-19-4-6-20)10-7-11(14(16,17)18)9-12(15)8-10/h7-9,13,19H,2-6H2,1H3/t13-/m0/s1. The molecule has 1 saturated heterocycles. The molecule has 0 bridgehead atoms. The number of rotatable bonds is 3.